The molecule has 2 rings (SSSR count). The summed E-state index contributed by atoms with van der Waals surface area (Å²) in [5.74, 6) is -0.263. The quantitative estimate of drug-likeness (QED) is 0.577. The van der Waals surface area contributed by atoms with E-state index >= 15 is 0 Å². The maximum atomic E-state index is 12.3. The molecule has 8 heteroatoms. The minimum atomic E-state index is -0.501. The van der Waals surface area contributed by atoms with Crippen molar-refractivity contribution in [2.45, 2.75) is 39.3 Å². The molecule has 0 aliphatic rings. The number of amides is 3. The minimum Gasteiger partial charge on any atom is -0.493 e. The number of hydrogen-bond donors (Lipinski definition) is 3. The molecular formula is C22H27N3O5. The first-order chi connectivity index (χ1) is 14.3. The van der Waals surface area contributed by atoms with Crippen LogP contribution in [0.4, 0.5) is 0 Å². The first-order valence-electron chi connectivity index (χ1n) is 9.60. The maximum Gasteiger partial charge on any atom is 0.269 e. The van der Waals surface area contributed by atoms with Crippen molar-refractivity contribution in [3.8, 4) is 11.5 Å². The van der Waals surface area contributed by atoms with Gasteiger partial charge in [-0.25, -0.2) is 0 Å². The summed E-state index contributed by atoms with van der Waals surface area (Å²) in [6.07, 6.45) is -0.0363. The normalized spacial score (nSPS) is 11.4. The third-order valence-electron chi connectivity index (χ3n) is 4.01. The Hall–Kier alpha value is -3.55. The highest BCUT2D eigenvalue weighted by Gasteiger charge is 2.15. The number of methoxy groups -OCH3 is 1. The molecule has 0 saturated heterocycles. The van der Waals surface area contributed by atoms with Crippen molar-refractivity contribution in [3.05, 3.63) is 59.7 Å². The number of benzene rings is 2. The Morgan fingerprint density at radius 3 is 2.20 bits per heavy atom. The van der Waals surface area contributed by atoms with E-state index in [1.54, 1.807) is 43.3 Å². The van der Waals surface area contributed by atoms with Gasteiger partial charge in [0.15, 0.2) is 11.5 Å². The van der Waals surface area contributed by atoms with E-state index in [1.165, 1.54) is 13.2 Å². The summed E-state index contributed by atoms with van der Waals surface area (Å²) >= 11 is 0. The van der Waals surface area contributed by atoms with E-state index in [0.29, 0.717) is 22.6 Å². The molecule has 160 valence electrons. The van der Waals surface area contributed by atoms with Crippen LogP contribution in [0.1, 0.15) is 47.9 Å². The van der Waals surface area contributed by atoms with Gasteiger partial charge in [0.05, 0.1) is 13.2 Å². The van der Waals surface area contributed by atoms with Crippen LogP contribution in [0.15, 0.2) is 48.5 Å². The fourth-order valence-corrected chi connectivity index (χ4v) is 2.64. The lowest BCUT2D eigenvalue weighted by Gasteiger charge is -2.15. The predicted octanol–water partition coefficient (Wildman–Crippen LogP) is 2.45. The number of ether oxygens (including phenoxy) is 2. The highest BCUT2D eigenvalue weighted by Crippen LogP contribution is 2.28. The maximum absolute atomic E-state index is 12.3. The third-order valence-corrected chi connectivity index (χ3v) is 4.01. The number of nitrogens with one attached hydrogen (secondary N) is 3. The standard InChI is InChI=1S/C22H27N3O5/c1-14(2)30-18-11-10-17(13-19(18)29-4)22(28)25-24-20(26)12-15(3)23-21(27)16-8-6-5-7-9-16/h5-11,13-15H,12H2,1-4H3,(H,23,27)(H,24,26)(H,25,28). The summed E-state index contributed by atoms with van der Waals surface area (Å²) in [7, 11) is 1.48. The van der Waals surface area contributed by atoms with Gasteiger partial charge in [-0.3, -0.25) is 25.2 Å². The number of rotatable bonds is 8. The van der Waals surface area contributed by atoms with Crippen LogP contribution < -0.4 is 25.6 Å². The molecule has 0 aliphatic heterocycles. The fourth-order valence-electron chi connectivity index (χ4n) is 2.64. The zero-order valence-corrected chi connectivity index (χ0v) is 17.5. The van der Waals surface area contributed by atoms with E-state index in [9.17, 15) is 14.4 Å². The molecular weight excluding hydrogens is 386 g/mol. The SMILES string of the molecule is COc1cc(C(=O)NNC(=O)CC(C)NC(=O)c2ccccc2)ccc1OC(C)C. The molecule has 30 heavy (non-hydrogen) atoms. The minimum absolute atomic E-state index is 0.00331. The first kappa shape index (κ1) is 22.7. The molecule has 1 atom stereocenters. The van der Waals surface area contributed by atoms with Crippen LogP contribution in [0.25, 0.3) is 0 Å². The van der Waals surface area contributed by atoms with Gasteiger partial charge in [-0.15, -0.1) is 0 Å². The van der Waals surface area contributed by atoms with Crippen LogP contribution >= 0.6 is 0 Å². The Kier molecular flexibility index (Phi) is 8.22. The topological polar surface area (TPSA) is 106 Å². The van der Waals surface area contributed by atoms with Crippen LogP contribution in [0.5, 0.6) is 11.5 Å². The van der Waals surface area contributed by atoms with E-state index < -0.39 is 17.9 Å². The van der Waals surface area contributed by atoms with Crippen molar-refractivity contribution in [2.24, 2.45) is 0 Å². The van der Waals surface area contributed by atoms with Crippen molar-refractivity contribution < 1.29 is 23.9 Å². The highest BCUT2D eigenvalue weighted by atomic mass is 16.5. The smallest absolute Gasteiger partial charge is 0.269 e. The van der Waals surface area contributed by atoms with Gasteiger partial charge >= 0.3 is 0 Å². The Morgan fingerprint density at radius 1 is 0.867 bits per heavy atom. The van der Waals surface area contributed by atoms with Gasteiger partial charge in [0, 0.05) is 23.6 Å². The van der Waals surface area contributed by atoms with Crippen molar-refractivity contribution >= 4 is 17.7 Å². The summed E-state index contributed by atoms with van der Waals surface area (Å²) in [5, 5.41) is 2.74. The van der Waals surface area contributed by atoms with Crippen molar-refractivity contribution in [2.75, 3.05) is 7.11 Å². The molecule has 0 fully saturated rings. The molecule has 2 aromatic carbocycles. The average molecular weight is 413 g/mol. The van der Waals surface area contributed by atoms with Crippen LogP contribution in [-0.4, -0.2) is 37.0 Å². The molecule has 0 heterocycles. The largest absolute Gasteiger partial charge is 0.493 e. The fraction of sp³-hybridized carbons (Fsp3) is 0.318. The Balaban J connectivity index is 1.85. The second kappa shape index (κ2) is 10.8. The number of hydrogen-bond acceptors (Lipinski definition) is 5. The second-order valence-corrected chi connectivity index (χ2v) is 6.98. The molecule has 3 amide bonds. The molecule has 2 aromatic rings. The molecule has 0 aliphatic carbocycles. The van der Waals surface area contributed by atoms with Gasteiger partial charge in [0.25, 0.3) is 11.8 Å². The summed E-state index contributed by atoms with van der Waals surface area (Å²) in [5.41, 5.74) is 5.51. The Morgan fingerprint density at radius 2 is 1.57 bits per heavy atom. The second-order valence-electron chi connectivity index (χ2n) is 6.98. The molecule has 0 saturated carbocycles. The van der Waals surface area contributed by atoms with E-state index in [4.69, 9.17) is 9.47 Å². The lowest BCUT2D eigenvalue weighted by molar-refractivity contribution is -0.122. The van der Waals surface area contributed by atoms with E-state index in [0.717, 1.165) is 0 Å². The van der Waals surface area contributed by atoms with Gasteiger partial charge in [-0.2, -0.15) is 0 Å². The molecule has 8 nitrogen and oxygen atoms in total. The van der Waals surface area contributed by atoms with Gasteiger partial charge in [-0.1, -0.05) is 18.2 Å². The molecule has 0 spiro atoms. The number of carbonyl (C=O) groups is 3. The lowest BCUT2D eigenvalue weighted by atomic mass is 10.1. The van der Waals surface area contributed by atoms with Crippen molar-refractivity contribution in [1.29, 1.82) is 0 Å². The monoisotopic (exact) mass is 413 g/mol. The average Bonchev–Trinajstić information content (AvgIpc) is 2.72. The van der Waals surface area contributed by atoms with Crippen molar-refractivity contribution in [3.63, 3.8) is 0 Å². The summed E-state index contributed by atoms with van der Waals surface area (Å²) in [6.45, 7) is 5.48. The molecule has 3 N–H and O–H groups in total. The molecule has 0 bridgehead atoms. The molecule has 0 radical (unpaired) electrons. The summed E-state index contributed by atoms with van der Waals surface area (Å²) < 4.78 is 10.9. The Bertz CT molecular complexity index is 884. The van der Waals surface area contributed by atoms with E-state index in [2.05, 4.69) is 16.2 Å². The van der Waals surface area contributed by atoms with Crippen LogP contribution in [0.3, 0.4) is 0 Å². The van der Waals surface area contributed by atoms with Crippen LogP contribution in [0.2, 0.25) is 0 Å². The zero-order valence-electron chi connectivity index (χ0n) is 17.5. The number of hydrazine groups is 1. The van der Waals surface area contributed by atoms with Gasteiger partial charge in [-0.05, 0) is 51.1 Å². The first-order valence-corrected chi connectivity index (χ1v) is 9.60. The van der Waals surface area contributed by atoms with Gasteiger partial charge in [0.2, 0.25) is 5.91 Å². The molecule has 1 unspecified atom stereocenters. The number of carbonyl (C=O) groups excluding carboxylic acids is 3. The van der Waals surface area contributed by atoms with Gasteiger partial charge in [0.1, 0.15) is 0 Å². The van der Waals surface area contributed by atoms with Crippen LogP contribution in [0, 0.1) is 0 Å². The van der Waals surface area contributed by atoms with E-state index in [1.807, 2.05) is 19.9 Å². The van der Waals surface area contributed by atoms with E-state index in [-0.39, 0.29) is 18.4 Å². The third kappa shape index (κ3) is 6.80. The zero-order chi connectivity index (χ0) is 22.1. The summed E-state index contributed by atoms with van der Waals surface area (Å²) in [4.78, 5) is 36.5. The highest BCUT2D eigenvalue weighted by molar-refractivity contribution is 5.96. The van der Waals surface area contributed by atoms with Gasteiger partial charge < -0.3 is 14.8 Å². The Labute approximate surface area is 175 Å². The lowest BCUT2D eigenvalue weighted by Crippen LogP contribution is -2.44. The van der Waals surface area contributed by atoms with Crippen molar-refractivity contribution in [1.82, 2.24) is 16.2 Å². The summed E-state index contributed by atoms with van der Waals surface area (Å²) in [6, 6.07) is 13.0. The van der Waals surface area contributed by atoms with Crippen LogP contribution in [-0.2, 0) is 4.79 Å². The molecule has 0 aromatic heterocycles. The predicted molar refractivity (Wildman–Crippen MR) is 112 cm³/mol.